The van der Waals surface area contributed by atoms with Crippen LogP contribution in [0.25, 0.3) is 0 Å². The molecule has 1 rings (SSSR count). The smallest absolute Gasteiger partial charge is 0.310 e. The SMILES string of the molecule is CC(C)(C)OC(=O)Cc1ccnc(C(C)(F)F)c1. The third-order valence-corrected chi connectivity index (χ3v) is 2.04. The number of hydrogen-bond acceptors (Lipinski definition) is 3. The average Bonchev–Trinajstić information content (AvgIpc) is 2.13. The Labute approximate surface area is 105 Å². The highest BCUT2D eigenvalue weighted by molar-refractivity contribution is 5.73. The first-order valence-corrected chi connectivity index (χ1v) is 5.63. The van der Waals surface area contributed by atoms with Gasteiger partial charge in [0.05, 0.1) is 6.42 Å². The van der Waals surface area contributed by atoms with Gasteiger partial charge < -0.3 is 4.74 Å². The number of nitrogens with zero attached hydrogens (tertiary/aromatic N) is 1. The Balaban J connectivity index is 2.77. The number of carbonyl (C=O) groups excluding carboxylic acids is 1. The second-order valence-electron chi connectivity index (χ2n) is 5.20. The normalized spacial score (nSPS) is 12.3. The lowest BCUT2D eigenvalue weighted by atomic mass is 10.1. The van der Waals surface area contributed by atoms with Crippen LogP contribution in [0.15, 0.2) is 18.3 Å². The number of carbonyl (C=O) groups is 1. The van der Waals surface area contributed by atoms with Gasteiger partial charge in [-0.2, -0.15) is 8.78 Å². The summed E-state index contributed by atoms with van der Waals surface area (Å²) in [7, 11) is 0. The summed E-state index contributed by atoms with van der Waals surface area (Å²) in [6.45, 7) is 6.03. The molecule has 0 saturated heterocycles. The van der Waals surface area contributed by atoms with Gasteiger partial charge in [0.25, 0.3) is 5.92 Å². The van der Waals surface area contributed by atoms with E-state index in [9.17, 15) is 13.6 Å². The van der Waals surface area contributed by atoms with Gasteiger partial charge in [0.1, 0.15) is 11.3 Å². The number of alkyl halides is 2. The van der Waals surface area contributed by atoms with Crippen LogP contribution in [0.2, 0.25) is 0 Å². The summed E-state index contributed by atoms with van der Waals surface area (Å²) in [6.07, 6.45) is 1.23. The molecule has 0 fully saturated rings. The molecule has 0 bridgehead atoms. The molecule has 5 heteroatoms. The van der Waals surface area contributed by atoms with Crippen LogP contribution in [0, 0.1) is 0 Å². The third kappa shape index (κ3) is 4.77. The molecule has 100 valence electrons. The first-order chi connectivity index (χ1) is 8.08. The Hall–Kier alpha value is -1.52. The topological polar surface area (TPSA) is 39.2 Å². The Morgan fingerprint density at radius 3 is 2.44 bits per heavy atom. The minimum Gasteiger partial charge on any atom is -0.460 e. The highest BCUT2D eigenvalue weighted by atomic mass is 19.3. The molecule has 0 aliphatic heterocycles. The Kier molecular flexibility index (Phi) is 4.04. The molecule has 3 nitrogen and oxygen atoms in total. The molecule has 1 aromatic rings. The van der Waals surface area contributed by atoms with E-state index in [0.717, 1.165) is 6.92 Å². The van der Waals surface area contributed by atoms with Crippen LogP contribution in [0.5, 0.6) is 0 Å². The molecule has 0 atom stereocenters. The van der Waals surface area contributed by atoms with Gasteiger partial charge in [-0.1, -0.05) is 0 Å². The molecule has 0 saturated carbocycles. The van der Waals surface area contributed by atoms with Crippen LogP contribution in [-0.2, 0) is 21.9 Å². The molecule has 1 heterocycles. The molecule has 0 unspecified atom stereocenters. The summed E-state index contributed by atoms with van der Waals surface area (Å²) in [5.74, 6) is -3.46. The second kappa shape index (κ2) is 5.00. The lowest BCUT2D eigenvalue weighted by molar-refractivity contribution is -0.153. The second-order valence-corrected chi connectivity index (χ2v) is 5.20. The first kappa shape index (κ1) is 14.5. The number of rotatable bonds is 3. The van der Waals surface area contributed by atoms with E-state index < -0.39 is 17.5 Å². The van der Waals surface area contributed by atoms with Crippen LogP contribution >= 0.6 is 0 Å². The van der Waals surface area contributed by atoms with Gasteiger partial charge >= 0.3 is 5.97 Å². The fourth-order valence-electron chi connectivity index (χ4n) is 1.37. The Bertz CT molecular complexity index is 433. The largest absolute Gasteiger partial charge is 0.460 e. The lowest BCUT2D eigenvalue weighted by Crippen LogP contribution is -2.25. The molecule has 1 aromatic heterocycles. The fourth-order valence-corrected chi connectivity index (χ4v) is 1.37. The van der Waals surface area contributed by atoms with Crippen molar-refractivity contribution < 1.29 is 18.3 Å². The monoisotopic (exact) mass is 257 g/mol. The number of hydrogen-bond donors (Lipinski definition) is 0. The lowest BCUT2D eigenvalue weighted by Gasteiger charge is -2.19. The predicted octanol–water partition coefficient (Wildman–Crippen LogP) is 3.08. The van der Waals surface area contributed by atoms with E-state index in [4.69, 9.17) is 4.74 Å². The summed E-state index contributed by atoms with van der Waals surface area (Å²) in [6, 6.07) is 2.75. The fraction of sp³-hybridized carbons (Fsp3) is 0.538. The number of pyridine rings is 1. The van der Waals surface area contributed by atoms with Crippen molar-refractivity contribution in [2.24, 2.45) is 0 Å². The van der Waals surface area contributed by atoms with Crippen molar-refractivity contribution in [3.63, 3.8) is 0 Å². The van der Waals surface area contributed by atoms with Gasteiger partial charge in [-0.25, -0.2) is 0 Å². The summed E-state index contributed by atoms with van der Waals surface area (Å²) in [4.78, 5) is 15.1. The average molecular weight is 257 g/mol. The van der Waals surface area contributed by atoms with Crippen LogP contribution in [0.3, 0.4) is 0 Å². The van der Waals surface area contributed by atoms with Gasteiger partial charge in [0, 0.05) is 13.1 Å². The predicted molar refractivity (Wildman–Crippen MR) is 63.4 cm³/mol. The van der Waals surface area contributed by atoms with Crippen LogP contribution in [0.4, 0.5) is 8.78 Å². The van der Waals surface area contributed by atoms with E-state index in [1.54, 1.807) is 20.8 Å². The van der Waals surface area contributed by atoms with E-state index >= 15 is 0 Å². The van der Waals surface area contributed by atoms with Gasteiger partial charge in [-0.05, 0) is 38.5 Å². The highest BCUT2D eigenvalue weighted by Crippen LogP contribution is 2.25. The maximum atomic E-state index is 13.1. The maximum absolute atomic E-state index is 13.1. The minimum atomic E-state index is -3.01. The zero-order valence-electron chi connectivity index (χ0n) is 11.0. The molecule has 18 heavy (non-hydrogen) atoms. The van der Waals surface area contributed by atoms with Crippen molar-refractivity contribution in [1.82, 2.24) is 4.98 Å². The molecule has 0 radical (unpaired) electrons. The van der Waals surface area contributed by atoms with Crippen molar-refractivity contribution in [2.75, 3.05) is 0 Å². The first-order valence-electron chi connectivity index (χ1n) is 5.63. The highest BCUT2D eigenvalue weighted by Gasteiger charge is 2.26. The molecule has 0 aromatic carbocycles. The zero-order chi connectivity index (χ0) is 14.0. The number of ether oxygens (including phenoxy) is 1. The molecular formula is C13H17F2NO2. The van der Waals surface area contributed by atoms with Gasteiger partial charge in [0.2, 0.25) is 0 Å². The number of halogens is 2. The standard InChI is InChI=1S/C13H17F2NO2/c1-12(2,3)18-11(17)8-9-5-6-16-10(7-9)13(4,14)15/h5-7H,8H2,1-4H3. The van der Waals surface area contributed by atoms with E-state index in [1.165, 1.54) is 18.3 Å². The minimum absolute atomic E-state index is 0.0388. The number of esters is 1. The van der Waals surface area contributed by atoms with Crippen molar-refractivity contribution >= 4 is 5.97 Å². The molecule has 0 spiro atoms. The molecule has 0 aliphatic rings. The molecule has 0 aliphatic carbocycles. The van der Waals surface area contributed by atoms with Gasteiger partial charge in [-0.3, -0.25) is 9.78 Å². The van der Waals surface area contributed by atoms with Crippen molar-refractivity contribution in [2.45, 2.75) is 45.6 Å². The van der Waals surface area contributed by atoms with Crippen molar-refractivity contribution in [3.8, 4) is 0 Å². The van der Waals surface area contributed by atoms with Crippen LogP contribution in [0.1, 0.15) is 39.0 Å². The van der Waals surface area contributed by atoms with Crippen molar-refractivity contribution in [3.05, 3.63) is 29.6 Å². The van der Waals surface area contributed by atoms with Crippen LogP contribution in [-0.4, -0.2) is 16.6 Å². The third-order valence-electron chi connectivity index (χ3n) is 2.04. The maximum Gasteiger partial charge on any atom is 0.310 e. The summed E-state index contributed by atoms with van der Waals surface area (Å²) >= 11 is 0. The Morgan fingerprint density at radius 1 is 1.33 bits per heavy atom. The summed E-state index contributed by atoms with van der Waals surface area (Å²) in [5.41, 5.74) is -0.457. The zero-order valence-corrected chi connectivity index (χ0v) is 11.0. The molecular weight excluding hydrogens is 240 g/mol. The summed E-state index contributed by atoms with van der Waals surface area (Å²) < 4.78 is 31.2. The summed E-state index contributed by atoms with van der Waals surface area (Å²) in [5, 5.41) is 0. The van der Waals surface area contributed by atoms with E-state index in [2.05, 4.69) is 4.98 Å². The molecule has 0 N–H and O–H groups in total. The van der Waals surface area contributed by atoms with E-state index in [0.29, 0.717) is 5.56 Å². The van der Waals surface area contributed by atoms with Crippen LogP contribution < -0.4 is 0 Å². The van der Waals surface area contributed by atoms with Crippen molar-refractivity contribution in [1.29, 1.82) is 0 Å². The van der Waals surface area contributed by atoms with E-state index in [1.807, 2.05) is 0 Å². The Morgan fingerprint density at radius 2 is 1.94 bits per heavy atom. The number of aromatic nitrogens is 1. The van der Waals surface area contributed by atoms with Gasteiger partial charge in [0.15, 0.2) is 0 Å². The van der Waals surface area contributed by atoms with Gasteiger partial charge in [-0.15, -0.1) is 0 Å². The molecule has 0 amide bonds. The quantitative estimate of drug-likeness (QED) is 0.781. The van der Waals surface area contributed by atoms with E-state index in [-0.39, 0.29) is 12.1 Å².